The Labute approximate surface area is 182 Å². The largest absolute Gasteiger partial charge is 0.260 e. The molecular weight excluding hydrogens is 476 g/mol. The van der Waals surface area contributed by atoms with Gasteiger partial charge in [0.05, 0.1) is 17.9 Å². The van der Waals surface area contributed by atoms with Crippen LogP contribution in [0.3, 0.4) is 0 Å². The standard InChI is InChI=1S/C24H20Br2N2/c1-16-4-3-5-18(14-16)15-28-24(20-8-12-22(26)13-9-20)17(2)23(27-28)19-6-10-21(25)11-7-19/h3-14H,15H2,1-2H3. The van der Waals surface area contributed by atoms with Crippen LogP contribution < -0.4 is 0 Å². The fourth-order valence-corrected chi connectivity index (χ4v) is 4.03. The highest BCUT2D eigenvalue weighted by Crippen LogP contribution is 2.33. The molecule has 0 radical (unpaired) electrons. The van der Waals surface area contributed by atoms with Crippen molar-refractivity contribution in [2.45, 2.75) is 20.4 Å². The lowest BCUT2D eigenvalue weighted by Gasteiger charge is -2.10. The van der Waals surface area contributed by atoms with E-state index in [4.69, 9.17) is 5.10 Å². The quantitative estimate of drug-likeness (QED) is 0.288. The van der Waals surface area contributed by atoms with Gasteiger partial charge in [-0.1, -0.05) is 86.0 Å². The van der Waals surface area contributed by atoms with Crippen molar-refractivity contribution in [3.63, 3.8) is 0 Å². The number of nitrogens with zero attached hydrogens (tertiary/aromatic N) is 2. The smallest absolute Gasteiger partial charge is 0.0959 e. The fourth-order valence-electron chi connectivity index (χ4n) is 3.50. The van der Waals surface area contributed by atoms with Crippen molar-refractivity contribution >= 4 is 31.9 Å². The van der Waals surface area contributed by atoms with Crippen LogP contribution in [0.15, 0.2) is 81.7 Å². The minimum Gasteiger partial charge on any atom is -0.260 e. The van der Waals surface area contributed by atoms with E-state index in [1.807, 2.05) is 0 Å². The molecule has 4 rings (SSSR count). The average molecular weight is 496 g/mol. The minimum atomic E-state index is 0.741. The molecule has 1 heterocycles. The molecule has 0 fully saturated rings. The van der Waals surface area contributed by atoms with Gasteiger partial charge < -0.3 is 0 Å². The van der Waals surface area contributed by atoms with Crippen LogP contribution >= 0.6 is 31.9 Å². The van der Waals surface area contributed by atoms with Crippen molar-refractivity contribution in [3.8, 4) is 22.5 Å². The Morgan fingerprint density at radius 2 is 1.39 bits per heavy atom. The number of halogens is 2. The molecule has 0 unspecified atom stereocenters. The first-order valence-corrected chi connectivity index (χ1v) is 10.7. The first-order valence-electron chi connectivity index (χ1n) is 9.16. The summed E-state index contributed by atoms with van der Waals surface area (Å²) in [5.74, 6) is 0. The summed E-state index contributed by atoms with van der Waals surface area (Å²) in [5, 5.41) is 5.02. The highest BCUT2D eigenvalue weighted by atomic mass is 79.9. The van der Waals surface area contributed by atoms with Crippen molar-refractivity contribution < 1.29 is 0 Å². The van der Waals surface area contributed by atoms with Gasteiger partial charge in [0.1, 0.15) is 0 Å². The molecule has 4 aromatic rings. The molecule has 0 saturated carbocycles. The third-order valence-electron chi connectivity index (χ3n) is 4.84. The monoisotopic (exact) mass is 494 g/mol. The van der Waals surface area contributed by atoms with Crippen LogP contribution in [0.2, 0.25) is 0 Å². The zero-order valence-electron chi connectivity index (χ0n) is 15.8. The van der Waals surface area contributed by atoms with Crippen molar-refractivity contribution in [2.75, 3.05) is 0 Å². The van der Waals surface area contributed by atoms with Gasteiger partial charge in [-0.2, -0.15) is 5.10 Å². The van der Waals surface area contributed by atoms with Gasteiger partial charge in [0.25, 0.3) is 0 Å². The molecule has 4 heteroatoms. The topological polar surface area (TPSA) is 17.8 Å². The molecule has 0 bridgehead atoms. The summed E-state index contributed by atoms with van der Waals surface area (Å²) in [7, 11) is 0. The SMILES string of the molecule is Cc1cccc(Cn2nc(-c3ccc(Br)cc3)c(C)c2-c2ccc(Br)cc2)c1. The maximum atomic E-state index is 5.02. The van der Waals surface area contributed by atoms with Gasteiger partial charge in [-0.25, -0.2) is 0 Å². The predicted molar refractivity (Wildman–Crippen MR) is 124 cm³/mol. The Balaban J connectivity index is 1.86. The van der Waals surface area contributed by atoms with Gasteiger partial charge in [0.2, 0.25) is 0 Å². The summed E-state index contributed by atoms with van der Waals surface area (Å²) < 4.78 is 4.28. The molecule has 1 aromatic heterocycles. The molecule has 0 saturated heterocycles. The lowest BCUT2D eigenvalue weighted by Crippen LogP contribution is -2.04. The van der Waals surface area contributed by atoms with E-state index in [-0.39, 0.29) is 0 Å². The predicted octanol–water partition coefficient (Wildman–Crippen LogP) is 7.41. The average Bonchev–Trinajstić information content (AvgIpc) is 2.99. The van der Waals surface area contributed by atoms with Crippen LogP contribution in [-0.2, 0) is 6.54 Å². The van der Waals surface area contributed by atoms with Crippen molar-refractivity contribution in [3.05, 3.63) is 98.4 Å². The van der Waals surface area contributed by atoms with Gasteiger partial charge in [0.15, 0.2) is 0 Å². The Hall–Kier alpha value is -2.17. The van der Waals surface area contributed by atoms with Crippen molar-refractivity contribution in [1.29, 1.82) is 0 Å². The lowest BCUT2D eigenvalue weighted by molar-refractivity contribution is 0.696. The van der Waals surface area contributed by atoms with E-state index in [0.29, 0.717) is 0 Å². The van der Waals surface area contributed by atoms with E-state index in [1.54, 1.807) is 0 Å². The molecule has 0 aliphatic carbocycles. The second kappa shape index (κ2) is 8.06. The number of rotatable bonds is 4. The molecule has 0 spiro atoms. The molecule has 0 aliphatic heterocycles. The Bertz CT molecular complexity index is 1110. The van der Waals surface area contributed by atoms with E-state index in [2.05, 4.69) is 123 Å². The lowest BCUT2D eigenvalue weighted by atomic mass is 10.0. The minimum absolute atomic E-state index is 0.741. The molecule has 0 amide bonds. The van der Waals surface area contributed by atoms with Gasteiger partial charge >= 0.3 is 0 Å². The summed E-state index contributed by atoms with van der Waals surface area (Å²) in [6.45, 7) is 5.03. The van der Waals surface area contributed by atoms with Crippen molar-refractivity contribution in [1.82, 2.24) is 9.78 Å². The van der Waals surface area contributed by atoms with Crippen LogP contribution in [0.5, 0.6) is 0 Å². The summed E-state index contributed by atoms with van der Waals surface area (Å²) in [4.78, 5) is 0. The van der Waals surface area contributed by atoms with E-state index >= 15 is 0 Å². The summed E-state index contributed by atoms with van der Waals surface area (Å²) in [5.41, 5.74) is 8.19. The summed E-state index contributed by atoms with van der Waals surface area (Å²) in [6.07, 6.45) is 0. The number of benzene rings is 3. The van der Waals surface area contributed by atoms with Gasteiger partial charge in [0, 0.05) is 25.6 Å². The fraction of sp³-hybridized carbons (Fsp3) is 0.125. The van der Waals surface area contributed by atoms with E-state index in [0.717, 1.165) is 32.4 Å². The van der Waals surface area contributed by atoms with Crippen LogP contribution in [-0.4, -0.2) is 9.78 Å². The highest BCUT2D eigenvalue weighted by molar-refractivity contribution is 9.10. The van der Waals surface area contributed by atoms with E-state index < -0.39 is 0 Å². The van der Waals surface area contributed by atoms with Gasteiger partial charge in [-0.3, -0.25) is 4.68 Å². The van der Waals surface area contributed by atoms with Crippen LogP contribution in [0.4, 0.5) is 0 Å². The maximum absolute atomic E-state index is 5.02. The van der Waals surface area contributed by atoms with Crippen molar-refractivity contribution in [2.24, 2.45) is 0 Å². The molecule has 0 aliphatic rings. The molecule has 140 valence electrons. The Kier molecular flexibility index (Phi) is 5.51. The van der Waals surface area contributed by atoms with Crippen LogP contribution in [0.25, 0.3) is 22.5 Å². The zero-order chi connectivity index (χ0) is 19.7. The highest BCUT2D eigenvalue weighted by Gasteiger charge is 2.17. The number of hydrogen-bond donors (Lipinski definition) is 0. The first kappa shape index (κ1) is 19.2. The molecule has 0 N–H and O–H groups in total. The maximum Gasteiger partial charge on any atom is 0.0959 e. The van der Waals surface area contributed by atoms with E-state index in [1.165, 1.54) is 22.3 Å². The van der Waals surface area contributed by atoms with Gasteiger partial charge in [-0.15, -0.1) is 0 Å². The summed E-state index contributed by atoms with van der Waals surface area (Å²) in [6, 6.07) is 25.4. The van der Waals surface area contributed by atoms with Gasteiger partial charge in [-0.05, 0) is 43.7 Å². The second-order valence-corrected chi connectivity index (χ2v) is 8.81. The number of hydrogen-bond acceptors (Lipinski definition) is 1. The normalized spacial score (nSPS) is 11.0. The third-order valence-corrected chi connectivity index (χ3v) is 5.90. The zero-order valence-corrected chi connectivity index (χ0v) is 19.0. The van der Waals surface area contributed by atoms with Crippen LogP contribution in [0, 0.1) is 13.8 Å². The Morgan fingerprint density at radius 1 is 0.786 bits per heavy atom. The molecule has 2 nitrogen and oxygen atoms in total. The molecule has 3 aromatic carbocycles. The molecule has 0 atom stereocenters. The first-order chi connectivity index (χ1) is 13.5. The molecule has 28 heavy (non-hydrogen) atoms. The number of aryl methyl sites for hydroxylation is 1. The Morgan fingerprint density at radius 3 is 2.00 bits per heavy atom. The summed E-state index contributed by atoms with van der Waals surface area (Å²) >= 11 is 7.06. The molecular formula is C24H20Br2N2. The van der Waals surface area contributed by atoms with E-state index in [9.17, 15) is 0 Å². The third kappa shape index (κ3) is 3.98. The van der Waals surface area contributed by atoms with Crippen LogP contribution in [0.1, 0.15) is 16.7 Å². The second-order valence-electron chi connectivity index (χ2n) is 6.98. The number of aromatic nitrogens is 2.